The summed E-state index contributed by atoms with van der Waals surface area (Å²) >= 11 is 2.73. The highest BCUT2D eigenvalue weighted by Crippen LogP contribution is 2.19. The van der Waals surface area contributed by atoms with Gasteiger partial charge in [0.05, 0.1) is 13.2 Å². The monoisotopic (exact) mass is 452 g/mol. The van der Waals surface area contributed by atoms with E-state index in [1.807, 2.05) is 12.5 Å². The van der Waals surface area contributed by atoms with Gasteiger partial charge < -0.3 is 20.1 Å². The van der Waals surface area contributed by atoms with Gasteiger partial charge >= 0.3 is 11.9 Å². The largest absolute Gasteiger partial charge is 0.462 e. The Morgan fingerprint density at radius 2 is 1.23 bits per heavy atom. The molecule has 12 heteroatoms. The molecule has 0 radical (unpaired) electrons. The number of carbonyl (C=O) groups is 2. The molecule has 0 atom stereocenters. The summed E-state index contributed by atoms with van der Waals surface area (Å²) in [4.78, 5) is 41.2. The van der Waals surface area contributed by atoms with Crippen molar-refractivity contribution >= 4 is 47.1 Å². The van der Waals surface area contributed by atoms with Gasteiger partial charge in [0, 0.05) is 25.5 Å². The van der Waals surface area contributed by atoms with Gasteiger partial charge in [-0.2, -0.15) is 0 Å². The fraction of sp³-hybridized carbons (Fsp3) is 0.444. The number of ether oxygens (including phenoxy) is 2. The second-order valence-corrected chi connectivity index (χ2v) is 7.08. The number of hydrogen-bond donors (Lipinski definition) is 2. The van der Waals surface area contributed by atoms with Gasteiger partial charge in [-0.05, 0) is 26.4 Å². The fourth-order valence-electron chi connectivity index (χ4n) is 2.28. The zero-order valence-electron chi connectivity index (χ0n) is 17.2. The third-order valence-corrected chi connectivity index (χ3v) is 4.72. The minimum atomic E-state index is -0.495. The van der Waals surface area contributed by atoms with E-state index in [1.54, 1.807) is 13.8 Å². The second kappa shape index (κ2) is 12.2. The predicted octanol–water partition coefficient (Wildman–Crippen LogP) is 2.59. The number of anilines is 2. The molecule has 0 unspecified atom stereocenters. The van der Waals surface area contributed by atoms with Crippen molar-refractivity contribution in [3.8, 4) is 0 Å². The van der Waals surface area contributed by atoms with E-state index in [-0.39, 0.29) is 24.3 Å². The summed E-state index contributed by atoms with van der Waals surface area (Å²) in [5.74, 6) is -0.225. The first-order valence-electron chi connectivity index (χ1n) is 9.18. The standard InChI is InChI=1S/C18H24N6O4S2/c1-5-27-15(25)11-9-21-17(29-3)23-13(11)19-7-8-20-14-12(16(26)28-6-2)10-22-18(24-14)30-4/h9-10H,5-8H2,1-4H3,(H,19,21,23)(H,20,22,24). The van der Waals surface area contributed by atoms with Crippen LogP contribution in [0.3, 0.4) is 0 Å². The van der Waals surface area contributed by atoms with E-state index in [2.05, 4.69) is 30.6 Å². The van der Waals surface area contributed by atoms with Gasteiger partial charge in [0.2, 0.25) is 0 Å². The van der Waals surface area contributed by atoms with Crippen molar-refractivity contribution in [2.75, 3.05) is 49.4 Å². The number of carbonyl (C=O) groups excluding carboxylic acids is 2. The molecule has 2 aromatic rings. The minimum Gasteiger partial charge on any atom is -0.462 e. The maximum absolute atomic E-state index is 12.1. The van der Waals surface area contributed by atoms with E-state index in [0.29, 0.717) is 35.0 Å². The lowest BCUT2D eigenvalue weighted by Gasteiger charge is -2.13. The summed E-state index contributed by atoms with van der Waals surface area (Å²) in [5.41, 5.74) is 0.516. The SMILES string of the molecule is CCOC(=O)c1cnc(SC)nc1NCCNc1nc(SC)ncc1C(=O)OCC. The molecule has 2 rings (SSSR count). The lowest BCUT2D eigenvalue weighted by Crippen LogP contribution is -2.20. The zero-order valence-corrected chi connectivity index (χ0v) is 18.9. The lowest BCUT2D eigenvalue weighted by atomic mass is 10.3. The Bertz CT molecular complexity index is 812. The van der Waals surface area contributed by atoms with Gasteiger partial charge in [0.1, 0.15) is 22.8 Å². The van der Waals surface area contributed by atoms with E-state index < -0.39 is 11.9 Å². The summed E-state index contributed by atoms with van der Waals surface area (Å²) in [7, 11) is 0. The van der Waals surface area contributed by atoms with Crippen LogP contribution in [0.2, 0.25) is 0 Å². The molecule has 0 saturated carbocycles. The van der Waals surface area contributed by atoms with Crippen molar-refractivity contribution in [2.45, 2.75) is 24.2 Å². The van der Waals surface area contributed by atoms with Crippen LogP contribution in [0.15, 0.2) is 22.7 Å². The number of nitrogens with one attached hydrogen (secondary N) is 2. The number of nitrogens with zero attached hydrogens (tertiary/aromatic N) is 4. The van der Waals surface area contributed by atoms with Crippen LogP contribution in [-0.4, -0.2) is 70.7 Å². The van der Waals surface area contributed by atoms with E-state index in [0.717, 1.165) is 0 Å². The highest BCUT2D eigenvalue weighted by atomic mass is 32.2. The Morgan fingerprint density at radius 1 is 0.833 bits per heavy atom. The molecular weight excluding hydrogens is 428 g/mol. The van der Waals surface area contributed by atoms with Crippen molar-refractivity contribution in [3.63, 3.8) is 0 Å². The quantitative estimate of drug-likeness (QED) is 0.225. The van der Waals surface area contributed by atoms with Crippen LogP contribution >= 0.6 is 23.5 Å². The van der Waals surface area contributed by atoms with E-state index in [1.165, 1.54) is 35.9 Å². The Balaban J connectivity index is 2.09. The van der Waals surface area contributed by atoms with Crippen LogP contribution in [0.5, 0.6) is 0 Å². The van der Waals surface area contributed by atoms with Gasteiger partial charge in [-0.1, -0.05) is 23.5 Å². The Hall–Kier alpha value is -2.60. The van der Waals surface area contributed by atoms with Crippen molar-refractivity contribution in [1.82, 2.24) is 19.9 Å². The fourth-order valence-corrected chi connectivity index (χ4v) is 2.96. The smallest absolute Gasteiger partial charge is 0.343 e. The first kappa shape index (κ1) is 23.7. The molecule has 2 heterocycles. The Kier molecular flexibility index (Phi) is 9.61. The van der Waals surface area contributed by atoms with E-state index in [9.17, 15) is 9.59 Å². The number of thioether (sulfide) groups is 2. The van der Waals surface area contributed by atoms with Gasteiger partial charge in [0.25, 0.3) is 0 Å². The molecule has 0 aromatic carbocycles. The van der Waals surface area contributed by atoms with Gasteiger partial charge in [-0.15, -0.1) is 0 Å². The number of rotatable bonds is 11. The van der Waals surface area contributed by atoms with Gasteiger partial charge in [-0.3, -0.25) is 0 Å². The van der Waals surface area contributed by atoms with Crippen molar-refractivity contribution in [1.29, 1.82) is 0 Å². The van der Waals surface area contributed by atoms with Crippen LogP contribution in [0.25, 0.3) is 0 Å². The molecule has 0 aliphatic carbocycles. The van der Waals surface area contributed by atoms with Gasteiger partial charge in [0.15, 0.2) is 10.3 Å². The number of esters is 2. The van der Waals surface area contributed by atoms with Crippen LogP contribution in [-0.2, 0) is 9.47 Å². The average molecular weight is 453 g/mol. The molecule has 162 valence electrons. The molecule has 0 aliphatic rings. The molecular formula is C18H24N6O4S2. The lowest BCUT2D eigenvalue weighted by molar-refractivity contribution is 0.0516. The van der Waals surface area contributed by atoms with Crippen LogP contribution in [0.1, 0.15) is 34.6 Å². The first-order chi connectivity index (χ1) is 14.5. The molecule has 0 fully saturated rings. The van der Waals surface area contributed by atoms with Crippen molar-refractivity contribution in [2.24, 2.45) is 0 Å². The molecule has 0 spiro atoms. The van der Waals surface area contributed by atoms with E-state index in [4.69, 9.17) is 9.47 Å². The molecule has 10 nitrogen and oxygen atoms in total. The normalized spacial score (nSPS) is 10.4. The number of aromatic nitrogens is 4. The predicted molar refractivity (Wildman–Crippen MR) is 117 cm³/mol. The molecule has 0 amide bonds. The summed E-state index contributed by atoms with van der Waals surface area (Å²) in [6, 6.07) is 0. The summed E-state index contributed by atoms with van der Waals surface area (Å²) < 4.78 is 10.1. The van der Waals surface area contributed by atoms with Crippen LogP contribution < -0.4 is 10.6 Å². The third kappa shape index (κ3) is 6.46. The van der Waals surface area contributed by atoms with Crippen molar-refractivity contribution < 1.29 is 19.1 Å². The first-order valence-corrected chi connectivity index (χ1v) is 11.6. The summed E-state index contributed by atoms with van der Waals surface area (Å²) in [6.07, 6.45) is 6.58. The highest BCUT2D eigenvalue weighted by Gasteiger charge is 2.17. The van der Waals surface area contributed by atoms with E-state index >= 15 is 0 Å². The highest BCUT2D eigenvalue weighted by molar-refractivity contribution is 7.98. The number of hydrogen-bond acceptors (Lipinski definition) is 12. The zero-order chi connectivity index (χ0) is 21.9. The molecule has 0 bridgehead atoms. The Labute approximate surface area is 183 Å². The topological polar surface area (TPSA) is 128 Å². The van der Waals surface area contributed by atoms with Crippen LogP contribution in [0.4, 0.5) is 11.6 Å². The maximum atomic E-state index is 12.1. The molecule has 2 aromatic heterocycles. The van der Waals surface area contributed by atoms with Crippen molar-refractivity contribution in [3.05, 3.63) is 23.5 Å². The second-order valence-electron chi connectivity index (χ2n) is 5.53. The average Bonchev–Trinajstić information content (AvgIpc) is 2.76. The summed E-state index contributed by atoms with van der Waals surface area (Å²) in [5, 5.41) is 7.28. The van der Waals surface area contributed by atoms with Gasteiger partial charge in [-0.25, -0.2) is 29.5 Å². The Morgan fingerprint density at radius 3 is 1.57 bits per heavy atom. The molecule has 30 heavy (non-hydrogen) atoms. The summed E-state index contributed by atoms with van der Waals surface area (Å²) in [6.45, 7) is 4.78. The third-order valence-electron chi connectivity index (χ3n) is 3.60. The van der Waals surface area contributed by atoms with Crippen LogP contribution in [0, 0.1) is 0 Å². The minimum absolute atomic E-state index is 0.256. The molecule has 2 N–H and O–H groups in total. The maximum Gasteiger partial charge on any atom is 0.343 e. The molecule has 0 aliphatic heterocycles. The molecule has 0 saturated heterocycles.